The number of nitrogens with two attached hydrogens (primary N) is 1. The van der Waals surface area contributed by atoms with Crippen LogP contribution in [0.3, 0.4) is 0 Å². The highest BCUT2D eigenvalue weighted by Crippen LogP contribution is 2.34. The number of anilines is 3. The van der Waals surface area contributed by atoms with E-state index in [0.29, 0.717) is 4.47 Å². The van der Waals surface area contributed by atoms with Crippen molar-refractivity contribution in [1.29, 1.82) is 0 Å². The first kappa shape index (κ1) is 14.4. The lowest BCUT2D eigenvalue weighted by atomic mass is 10.3. The summed E-state index contributed by atoms with van der Waals surface area (Å²) >= 11 is 3.15. The molecule has 0 saturated carbocycles. The van der Waals surface area contributed by atoms with Crippen molar-refractivity contribution in [3.63, 3.8) is 0 Å². The zero-order chi connectivity index (χ0) is 14.8. The monoisotopic (exact) mass is 348 g/mol. The van der Waals surface area contributed by atoms with Gasteiger partial charge in [-0.05, 0) is 28.1 Å². The lowest BCUT2D eigenvalue weighted by Crippen LogP contribution is -2.18. The molecule has 0 unspecified atom stereocenters. The number of aromatic nitrogens is 2. The molecule has 3 N–H and O–H groups in total. The third kappa shape index (κ3) is 3.50. The molecule has 0 radical (unpaired) electrons. The smallest absolute Gasteiger partial charge is 0.404 e. The fourth-order valence-electron chi connectivity index (χ4n) is 1.38. The quantitative estimate of drug-likeness (QED) is 0.888. The van der Waals surface area contributed by atoms with Gasteiger partial charge in [-0.25, -0.2) is 9.97 Å². The summed E-state index contributed by atoms with van der Waals surface area (Å²) in [6, 6.07) is 5.60. The molecule has 0 atom stereocenters. The molecule has 0 aliphatic rings. The van der Waals surface area contributed by atoms with E-state index >= 15 is 0 Å². The number of ether oxygens (including phenoxy) is 1. The van der Waals surface area contributed by atoms with E-state index < -0.39 is 6.36 Å². The van der Waals surface area contributed by atoms with Gasteiger partial charge in [0.05, 0.1) is 5.69 Å². The van der Waals surface area contributed by atoms with Crippen LogP contribution >= 0.6 is 15.9 Å². The van der Waals surface area contributed by atoms with Crippen molar-refractivity contribution in [3.8, 4) is 5.75 Å². The summed E-state index contributed by atoms with van der Waals surface area (Å²) in [4.78, 5) is 7.62. The largest absolute Gasteiger partial charge is 0.573 e. The van der Waals surface area contributed by atoms with Gasteiger partial charge in [0, 0.05) is 0 Å². The molecule has 2 rings (SSSR count). The minimum Gasteiger partial charge on any atom is -0.404 e. The highest BCUT2D eigenvalue weighted by molar-refractivity contribution is 9.10. The first-order valence-electron chi connectivity index (χ1n) is 5.24. The van der Waals surface area contributed by atoms with E-state index in [4.69, 9.17) is 5.73 Å². The van der Waals surface area contributed by atoms with Crippen LogP contribution in [-0.4, -0.2) is 16.3 Å². The van der Waals surface area contributed by atoms with Gasteiger partial charge in [0.15, 0.2) is 5.75 Å². The second kappa shape index (κ2) is 5.53. The van der Waals surface area contributed by atoms with Gasteiger partial charge in [-0.15, -0.1) is 13.2 Å². The summed E-state index contributed by atoms with van der Waals surface area (Å²) in [5.41, 5.74) is 5.67. The molecule has 106 valence electrons. The first-order chi connectivity index (χ1) is 9.37. The van der Waals surface area contributed by atoms with Gasteiger partial charge in [-0.1, -0.05) is 12.1 Å². The predicted molar refractivity (Wildman–Crippen MR) is 70.6 cm³/mol. The third-order valence-corrected chi connectivity index (χ3v) is 2.96. The number of hydrogen-bond acceptors (Lipinski definition) is 5. The summed E-state index contributed by atoms with van der Waals surface area (Å²) in [5.74, 6) is 0.0246. The zero-order valence-corrected chi connectivity index (χ0v) is 11.4. The topological polar surface area (TPSA) is 73.1 Å². The van der Waals surface area contributed by atoms with Crippen LogP contribution in [0.15, 0.2) is 35.1 Å². The van der Waals surface area contributed by atoms with Crippen molar-refractivity contribution >= 4 is 33.3 Å². The van der Waals surface area contributed by atoms with Crippen LogP contribution < -0.4 is 15.8 Å². The van der Waals surface area contributed by atoms with Gasteiger partial charge in [0.2, 0.25) is 0 Å². The summed E-state index contributed by atoms with van der Waals surface area (Å²) in [6.45, 7) is 0. The number of nitrogens with one attached hydrogen (secondary N) is 1. The molecule has 0 amide bonds. The van der Waals surface area contributed by atoms with E-state index in [1.54, 1.807) is 6.07 Å². The van der Waals surface area contributed by atoms with Crippen molar-refractivity contribution in [3.05, 3.63) is 35.1 Å². The highest BCUT2D eigenvalue weighted by atomic mass is 79.9. The summed E-state index contributed by atoms with van der Waals surface area (Å²) in [6.07, 6.45) is -3.59. The Morgan fingerprint density at radius 1 is 1.20 bits per heavy atom. The predicted octanol–water partition coefficient (Wildman–Crippen LogP) is 3.46. The molecule has 0 aliphatic heterocycles. The number of halogens is 4. The Labute approximate surface area is 120 Å². The van der Waals surface area contributed by atoms with Crippen molar-refractivity contribution < 1.29 is 17.9 Å². The fourth-order valence-corrected chi connectivity index (χ4v) is 1.69. The van der Waals surface area contributed by atoms with Gasteiger partial charge in [-0.3, -0.25) is 0 Å². The molecule has 0 aliphatic carbocycles. The Kier molecular flexibility index (Phi) is 3.98. The maximum Gasteiger partial charge on any atom is 0.573 e. The number of nitrogens with zero attached hydrogens (tertiary/aromatic N) is 2. The lowest BCUT2D eigenvalue weighted by molar-refractivity contribution is -0.274. The number of rotatable bonds is 3. The molecular weight excluding hydrogens is 341 g/mol. The molecule has 0 bridgehead atoms. The van der Waals surface area contributed by atoms with E-state index in [0.717, 1.165) is 0 Å². The maximum atomic E-state index is 12.3. The average molecular weight is 349 g/mol. The van der Waals surface area contributed by atoms with Crippen molar-refractivity contribution in [2.45, 2.75) is 6.36 Å². The second-order valence-corrected chi connectivity index (χ2v) is 4.38. The summed E-state index contributed by atoms with van der Waals surface area (Å²) in [7, 11) is 0. The van der Waals surface area contributed by atoms with Crippen LogP contribution in [0.5, 0.6) is 5.75 Å². The standard InChI is InChI=1S/C11H8BrF3N4O/c12-8-9(16)17-5-18-10(8)19-6-3-1-2-4-7(6)20-11(13,14)15/h1-5H,(H3,16,17,18,19). The van der Waals surface area contributed by atoms with Crippen LogP contribution in [0.1, 0.15) is 0 Å². The molecular formula is C11H8BrF3N4O. The van der Waals surface area contributed by atoms with Gasteiger partial charge in [0.1, 0.15) is 22.4 Å². The SMILES string of the molecule is Nc1ncnc(Nc2ccccc2OC(F)(F)F)c1Br. The van der Waals surface area contributed by atoms with Crippen LogP contribution in [0.4, 0.5) is 30.5 Å². The van der Waals surface area contributed by atoms with Crippen molar-refractivity contribution in [2.75, 3.05) is 11.1 Å². The van der Waals surface area contributed by atoms with Crippen LogP contribution in [0.2, 0.25) is 0 Å². The second-order valence-electron chi connectivity index (χ2n) is 3.59. The van der Waals surface area contributed by atoms with Gasteiger partial charge in [-0.2, -0.15) is 0 Å². The number of para-hydroxylation sites is 2. The average Bonchev–Trinajstić information content (AvgIpc) is 2.35. The number of nitrogen functional groups attached to an aromatic ring is 1. The van der Waals surface area contributed by atoms with E-state index in [2.05, 4.69) is 36.0 Å². The molecule has 0 spiro atoms. The van der Waals surface area contributed by atoms with Gasteiger partial charge in [0.25, 0.3) is 0 Å². The molecule has 1 heterocycles. The molecule has 20 heavy (non-hydrogen) atoms. The van der Waals surface area contributed by atoms with Crippen LogP contribution in [-0.2, 0) is 0 Å². The fraction of sp³-hybridized carbons (Fsp3) is 0.0909. The summed E-state index contributed by atoms with van der Waals surface area (Å²) < 4.78 is 41.2. The Hall–Kier alpha value is -2.03. The molecule has 1 aromatic carbocycles. The van der Waals surface area contributed by atoms with E-state index in [-0.39, 0.29) is 23.1 Å². The third-order valence-electron chi connectivity index (χ3n) is 2.18. The van der Waals surface area contributed by atoms with Crippen LogP contribution in [0, 0.1) is 0 Å². The Morgan fingerprint density at radius 3 is 2.60 bits per heavy atom. The molecule has 9 heteroatoms. The molecule has 0 fully saturated rings. The van der Waals surface area contributed by atoms with Crippen molar-refractivity contribution in [1.82, 2.24) is 9.97 Å². The van der Waals surface area contributed by atoms with Crippen molar-refractivity contribution in [2.24, 2.45) is 0 Å². The molecule has 5 nitrogen and oxygen atoms in total. The van der Waals surface area contributed by atoms with Gasteiger partial charge < -0.3 is 15.8 Å². The molecule has 0 saturated heterocycles. The highest BCUT2D eigenvalue weighted by Gasteiger charge is 2.32. The number of benzene rings is 1. The van der Waals surface area contributed by atoms with E-state index in [9.17, 15) is 13.2 Å². The van der Waals surface area contributed by atoms with Gasteiger partial charge >= 0.3 is 6.36 Å². The minimum atomic E-state index is -4.78. The Bertz CT molecular complexity index is 621. The minimum absolute atomic E-state index is 0.101. The zero-order valence-electron chi connectivity index (χ0n) is 9.78. The Balaban J connectivity index is 2.32. The lowest BCUT2D eigenvalue weighted by Gasteiger charge is -2.14. The van der Waals surface area contributed by atoms with E-state index in [1.807, 2.05) is 0 Å². The summed E-state index contributed by atoms with van der Waals surface area (Å²) in [5, 5.41) is 2.70. The maximum absolute atomic E-state index is 12.3. The molecule has 1 aromatic heterocycles. The normalized spacial score (nSPS) is 11.2. The van der Waals surface area contributed by atoms with Crippen LogP contribution in [0.25, 0.3) is 0 Å². The number of hydrogen-bond donors (Lipinski definition) is 2. The first-order valence-corrected chi connectivity index (χ1v) is 6.04. The van der Waals surface area contributed by atoms with E-state index in [1.165, 1.54) is 24.5 Å². The molecule has 2 aromatic rings. The Morgan fingerprint density at radius 2 is 1.90 bits per heavy atom. The number of alkyl halides is 3.